The van der Waals surface area contributed by atoms with E-state index in [4.69, 9.17) is 4.42 Å². The van der Waals surface area contributed by atoms with Crippen LogP contribution in [0.5, 0.6) is 0 Å². The van der Waals surface area contributed by atoms with Crippen LogP contribution in [0.4, 0.5) is 10.8 Å². The highest BCUT2D eigenvalue weighted by molar-refractivity contribution is 7.22. The summed E-state index contributed by atoms with van der Waals surface area (Å²) >= 11 is 1.38. The molecule has 2 heterocycles. The summed E-state index contributed by atoms with van der Waals surface area (Å²) < 4.78 is 6.55. The van der Waals surface area contributed by atoms with Gasteiger partial charge in [-0.25, -0.2) is 4.98 Å². The number of thiazole rings is 1. The molecule has 4 rings (SSSR count). The molecule has 0 atom stereocenters. The highest BCUT2D eigenvalue weighted by Gasteiger charge is 2.16. The lowest BCUT2D eigenvalue weighted by Gasteiger charge is -1.99. The molecule has 0 fully saturated rings. The molecule has 0 aliphatic heterocycles. The number of aryl methyl sites for hydroxylation is 1. The Morgan fingerprint density at radius 3 is 2.85 bits per heavy atom. The summed E-state index contributed by atoms with van der Waals surface area (Å²) in [5, 5.41) is 14.1. The summed E-state index contributed by atoms with van der Waals surface area (Å²) in [6, 6.07) is 15.1. The molecule has 1 amide bonds. The number of anilines is 1. The van der Waals surface area contributed by atoms with Crippen molar-refractivity contribution in [3.63, 3.8) is 0 Å². The van der Waals surface area contributed by atoms with E-state index in [1.54, 1.807) is 18.2 Å². The molecule has 8 heteroatoms. The van der Waals surface area contributed by atoms with Crippen molar-refractivity contribution in [3.8, 4) is 11.3 Å². The van der Waals surface area contributed by atoms with Gasteiger partial charge in [0.15, 0.2) is 10.9 Å². The average molecular weight is 379 g/mol. The van der Waals surface area contributed by atoms with Crippen LogP contribution in [-0.4, -0.2) is 15.8 Å². The number of nitro groups is 1. The van der Waals surface area contributed by atoms with Crippen LogP contribution >= 0.6 is 11.3 Å². The quantitative estimate of drug-likeness (QED) is 0.396. The standard InChI is InChI=1S/C19H13N3O4S/c1-11-5-8-17-14(9-11)20-19(27-17)21-18(23)16-7-6-15(26-16)12-3-2-4-13(10-12)22(24)25/h2-10H,1H3,(H,20,21,23). The fraction of sp³-hybridized carbons (Fsp3) is 0.0526. The SMILES string of the molecule is Cc1ccc2sc(NC(=O)c3ccc(-c4cccc([N+](=O)[O-])c4)o3)nc2c1. The molecule has 0 spiro atoms. The van der Waals surface area contributed by atoms with E-state index in [-0.39, 0.29) is 11.4 Å². The zero-order valence-electron chi connectivity index (χ0n) is 14.1. The third-order valence-electron chi connectivity index (χ3n) is 3.93. The summed E-state index contributed by atoms with van der Waals surface area (Å²) in [5.41, 5.74) is 2.41. The van der Waals surface area contributed by atoms with Gasteiger partial charge in [0.05, 0.1) is 15.1 Å². The molecule has 134 valence electrons. The van der Waals surface area contributed by atoms with Gasteiger partial charge in [0.1, 0.15) is 5.76 Å². The van der Waals surface area contributed by atoms with Crippen LogP contribution in [0.2, 0.25) is 0 Å². The van der Waals surface area contributed by atoms with E-state index in [9.17, 15) is 14.9 Å². The van der Waals surface area contributed by atoms with Crippen molar-refractivity contribution in [1.29, 1.82) is 0 Å². The van der Waals surface area contributed by atoms with Gasteiger partial charge in [-0.3, -0.25) is 20.2 Å². The third-order valence-corrected chi connectivity index (χ3v) is 4.89. The van der Waals surface area contributed by atoms with Crippen LogP contribution in [0.15, 0.2) is 59.0 Å². The first-order chi connectivity index (χ1) is 13.0. The minimum absolute atomic E-state index is 0.0420. The molecule has 0 aliphatic rings. The Hall–Kier alpha value is -3.52. The number of hydrogen-bond donors (Lipinski definition) is 1. The number of nitro benzene ring substituents is 1. The molecule has 27 heavy (non-hydrogen) atoms. The highest BCUT2D eigenvalue weighted by Crippen LogP contribution is 2.28. The van der Waals surface area contributed by atoms with Crippen LogP contribution in [0, 0.1) is 17.0 Å². The number of amides is 1. The van der Waals surface area contributed by atoms with Gasteiger partial charge < -0.3 is 4.42 Å². The van der Waals surface area contributed by atoms with Crippen molar-refractivity contribution in [1.82, 2.24) is 4.98 Å². The van der Waals surface area contributed by atoms with Crippen molar-refractivity contribution in [2.75, 3.05) is 5.32 Å². The van der Waals surface area contributed by atoms with Crippen molar-refractivity contribution < 1.29 is 14.1 Å². The number of nitrogens with one attached hydrogen (secondary N) is 1. The Bertz CT molecular complexity index is 1180. The molecule has 2 aromatic carbocycles. The van der Waals surface area contributed by atoms with Crippen molar-refractivity contribution >= 4 is 38.3 Å². The Balaban J connectivity index is 1.56. The number of rotatable bonds is 4. The van der Waals surface area contributed by atoms with Crippen LogP contribution in [0.3, 0.4) is 0 Å². The molecule has 2 aromatic heterocycles. The second kappa shape index (κ2) is 6.65. The smallest absolute Gasteiger partial charge is 0.293 e. The first kappa shape index (κ1) is 16.9. The van der Waals surface area contributed by atoms with E-state index in [2.05, 4.69) is 10.3 Å². The molecule has 0 aliphatic carbocycles. The third kappa shape index (κ3) is 3.42. The van der Waals surface area contributed by atoms with E-state index in [1.807, 2.05) is 25.1 Å². The van der Waals surface area contributed by atoms with Gasteiger partial charge >= 0.3 is 0 Å². The fourth-order valence-electron chi connectivity index (χ4n) is 2.64. The summed E-state index contributed by atoms with van der Waals surface area (Å²) in [5.74, 6) is 0.0539. The van der Waals surface area contributed by atoms with Crippen LogP contribution in [0.25, 0.3) is 21.5 Å². The number of fused-ring (bicyclic) bond motifs is 1. The predicted molar refractivity (Wildman–Crippen MR) is 103 cm³/mol. The maximum Gasteiger partial charge on any atom is 0.293 e. The largest absolute Gasteiger partial charge is 0.451 e. The lowest BCUT2D eigenvalue weighted by molar-refractivity contribution is -0.384. The Kier molecular flexibility index (Phi) is 4.17. The van der Waals surface area contributed by atoms with Gasteiger partial charge in [-0.05, 0) is 36.8 Å². The van der Waals surface area contributed by atoms with E-state index in [0.717, 1.165) is 15.8 Å². The molecule has 0 bridgehead atoms. The number of non-ortho nitro benzene ring substituents is 1. The van der Waals surface area contributed by atoms with Crippen molar-refractivity contribution in [2.24, 2.45) is 0 Å². The molecular formula is C19H13N3O4S. The monoisotopic (exact) mass is 379 g/mol. The van der Waals surface area contributed by atoms with Gasteiger partial charge in [0, 0.05) is 17.7 Å². The van der Waals surface area contributed by atoms with Crippen LogP contribution < -0.4 is 5.32 Å². The number of benzene rings is 2. The number of furan rings is 1. The number of carbonyl (C=O) groups is 1. The lowest BCUT2D eigenvalue weighted by Crippen LogP contribution is -2.10. The van der Waals surface area contributed by atoms with Crippen molar-refractivity contribution in [2.45, 2.75) is 6.92 Å². The van der Waals surface area contributed by atoms with Gasteiger partial charge in [0.2, 0.25) is 0 Å². The topological polar surface area (TPSA) is 98.3 Å². The predicted octanol–water partition coefficient (Wildman–Crippen LogP) is 5.03. The Morgan fingerprint density at radius 2 is 2.04 bits per heavy atom. The zero-order valence-corrected chi connectivity index (χ0v) is 14.9. The second-order valence-corrected chi connectivity index (χ2v) is 6.95. The Morgan fingerprint density at radius 1 is 1.19 bits per heavy atom. The van der Waals surface area contributed by atoms with E-state index in [0.29, 0.717) is 16.5 Å². The molecule has 7 nitrogen and oxygen atoms in total. The molecule has 0 saturated heterocycles. The van der Waals surface area contributed by atoms with Gasteiger partial charge in [0.25, 0.3) is 11.6 Å². The normalized spacial score (nSPS) is 10.9. The highest BCUT2D eigenvalue weighted by atomic mass is 32.1. The number of aromatic nitrogens is 1. The maximum atomic E-state index is 12.4. The summed E-state index contributed by atoms with van der Waals surface area (Å²) in [6.07, 6.45) is 0. The summed E-state index contributed by atoms with van der Waals surface area (Å²) in [6.45, 7) is 1.98. The first-order valence-corrected chi connectivity index (χ1v) is 8.84. The van der Waals surface area contributed by atoms with E-state index >= 15 is 0 Å². The van der Waals surface area contributed by atoms with E-state index < -0.39 is 10.8 Å². The van der Waals surface area contributed by atoms with Crippen LogP contribution in [0.1, 0.15) is 16.1 Å². The van der Waals surface area contributed by atoms with Gasteiger partial charge in [-0.15, -0.1) is 0 Å². The van der Waals surface area contributed by atoms with Crippen molar-refractivity contribution in [3.05, 3.63) is 76.0 Å². The first-order valence-electron chi connectivity index (χ1n) is 8.03. The van der Waals surface area contributed by atoms with Gasteiger partial charge in [-0.2, -0.15) is 0 Å². The Labute approximate surface area is 157 Å². The number of nitrogens with zero attached hydrogens (tertiary/aromatic N) is 2. The number of carbonyl (C=O) groups excluding carboxylic acids is 1. The molecular weight excluding hydrogens is 366 g/mol. The zero-order chi connectivity index (χ0) is 19.0. The van der Waals surface area contributed by atoms with E-state index in [1.165, 1.54) is 29.5 Å². The average Bonchev–Trinajstić information content (AvgIpc) is 3.28. The molecule has 0 unspecified atom stereocenters. The second-order valence-electron chi connectivity index (χ2n) is 5.92. The minimum Gasteiger partial charge on any atom is -0.451 e. The molecule has 1 N–H and O–H groups in total. The lowest BCUT2D eigenvalue weighted by atomic mass is 10.1. The van der Waals surface area contributed by atoms with Gasteiger partial charge in [-0.1, -0.05) is 29.5 Å². The molecule has 0 saturated carbocycles. The summed E-state index contributed by atoms with van der Waals surface area (Å²) in [7, 11) is 0. The van der Waals surface area contributed by atoms with Crippen LogP contribution in [-0.2, 0) is 0 Å². The molecule has 0 radical (unpaired) electrons. The summed E-state index contributed by atoms with van der Waals surface area (Å²) in [4.78, 5) is 27.3. The fourth-order valence-corrected chi connectivity index (χ4v) is 3.48. The molecule has 4 aromatic rings. The maximum absolute atomic E-state index is 12.4. The minimum atomic E-state index is -0.477. The number of hydrogen-bond acceptors (Lipinski definition) is 6.